The molecule has 27 heavy (non-hydrogen) atoms. The summed E-state index contributed by atoms with van der Waals surface area (Å²) in [6, 6.07) is 9.86. The smallest absolute Gasteiger partial charge is 0.344 e. The van der Waals surface area contributed by atoms with E-state index in [1.165, 1.54) is 50.4 Å². The SMILES string of the molecule is COc1cc(C(C)=O)ccc1OCC(=O)OCC(=O)Nc1cccc(F)c1. The Morgan fingerprint density at radius 3 is 2.48 bits per heavy atom. The van der Waals surface area contributed by atoms with Crippen LogP contribution in [0, 0.1) is 5.82 Å². The summed E-state index contributed by atoms with van der Waals surface area (Å²) >= 11 is 0. The van der Waals surface area contributed by atoms with Gasteiger partial charge in [0.25, 0.3) is 5.91 Å². The molecule has 0 fully saturated rings. The van der Waals surface area contributed by atoms with E-state index >= 15 is 0 Å². The first kappa shape index (κ1) is 19.9. The van der Waals surface area contributed by atoms with Crippen LogP contribution in [-0.4, -0.2) is 38.0 Å². The number of carbonyl (C=O) groups is 3. The molecule has 2 aromatic carbocycles. The third-order valence-electron chi connectivity index (χ3n) is 3.39. The number of hydrogen-bond acceptors (Lipinski definition) is 6. The number of anilines is 1. The van der Waals surface area contributed by atoms with E-state index in [0.717, 1.165) is 6.07 Å². The van der Waals surface area contributed by atoms with Crippen LogP contribution in [0.3, 0.4) is 0 Å². The summed E-state index contributed by atoms with van der Waals surface area (Å²) in [5, 5.41) is 2.40. The Kier molecular flexibility index (Phi) is 6.87. The molecule has 7 nitrogen and oxygen atoms in total. The van der Waals surface area contributed by atoms with Crippen molar-refractivity contribution in [3.05, 3.63) is 53.8 Å². The summed E-state index contributed by atoms with van der Waals surface area (Å²) in [4.78, 5) is 34.8. The standard InChI is InChI=1S/C19H18FNO6/c1-12(22)13-6-7-16(17(8-13)25-2)26-11-19(24)27-10-18(23)21-15-5-3-4-14(20)9-15/h3-9H,10-11H2,1-2H3,(H,21,23). The Balaban J connectivity index is 1.82. The highest BCUT2D eigenvalue weighted by molar-refractivity contribution is 5.94. The maximum absolute atomic E-state index is 13.0. The number of benzene rings is 2. The van der Waals surface area contributed by atoms with E-state index in [4.69, 9.17) is 14.2 Å². The van der Waals surface area contributed by atoms with Crippen molar-refractivity contribution in [1.29, 1.82) is 0 Å². The molecule has 2 rings (SSSR count). The number of esters is 1. The van der Waals surface area contributed by atoms with Gasteiger partial charge in [0.2, 0.25) is 0 Å². The van der Waals surface area contributed by atoms with Crippen LogP contribution < -0.4 is 14.8 Å². The number of methoxy groups -OCH3 is 1. The predicted octanol–water partition coefficient (Wildman–Crippen LogP) is 2.60. The number of carbonyl (C=O) groups excluding carboxylic acids is 3. The van der Waals surface area contributed by atoms with Crippen molar-refractivity contribution in [2.75, 3.05) is 25.6 Å². The molecule has 1 N–H and O–H groups in total. The number of ether oxygens (including phenoxy) is 3. The monoisotopic (exact) mass is 375 g/mol. The third kappa shape index (κ3) is 6.10. The van der Waals surface area contributed by atoms with Gasteiger partial charge in [0.05, 0.1) is 7.11 Å². The zero-order valence-electron chi connectivity index (χ0n) is 14.8. The number of hydrogen-bond donors (Lipinski definition) is 1. The summed E-state index contributed by atoms with van der Waals surface area (Å²) in [7, 11) is 1.40. The maximum Gasteiger partial charge on any atom is 0.344 e. The van der Waals surface area contributed by atoms with Crippen molar-refractivity contribution in [2.24, 2.45) is 0 Å². The number of amides is 1. The van der Waals surface area contributed by atoms with Crippen molar-refractivity contribution in [3.63, 3.8) is 0 Å². The molecule has 0 spiro atoms. The van der Waals surface area contributed by atoms with Gasteiger partial charge in [-0.25, -0.2) is 9.18 Å². The molecule has 0 atom stereocenters. The van der Waals surface area contributed by atoms with Crippen molar-refractivity contribution in [3.8, 4) is 11.5 Å². The largest absolute Gasteiger partial charge is 0.493 e. The molecule has 8 heteroatoms. The number of halogens is 1. The molecule has 0 aliphatic rings. The summed E-state index contributed by atoms with van der Waals surface area (Å²) in [5.41, 5.74) is 0.693. The highest BCUT2D eigenvalue weighted by Crippen LogP contribution is 2.28. The van der Waals surface area contributed by atoms with E-state index in [-0.39, 0.29) is 17.2 Å². The highest BCUT2D eigenvalue weighted by atomic mass is 19.1. The van der Waals surface area contributed by atoms with Crippen LogP contribution in [0.4, 0.5) is 10.1 Å². The van der Waals surface area contributed by atoms with Crippen molar-refractivity contribution < 1.29 is 33.0 Å². The van der Waals surface area contributed by atoms with E-state index in [9.17, 15) is 18.8 Å². The Morgan fingerprint density at radius 2 is 1.81 bits per heavy atom. The van der Waals surface area contributed by atoms with Gasteiger partial charge >= 0.3 is 5.97 Å². The van der Waals surface area contributed by atoms with E-state index in [1.54, 1.807) is 0 Å². The van der Waals surface area contributed by atoms with Crippen molar-refractivity contribution in [2.45, 2.75) is 6.92 Å². The quantitative estimate of drug-likeness (QED) is 0.563. The number of rotatable bonds is 8. The highest BCUT2D eigenvalue weighted by Gasteiger charge is 2.12. The van der Waals surface area contributed by atoms with Gasteiger partial charge < -0.3 is 19.5 Å². The zero-order valence-corrected chi connectivity index (χ0v) is 14.8. The summed E-state index contributed by atoms with van der Waals surface area (Å²) in [6.07, 6.45) is 0. The first-order valence-electron chi connectivity index (χ1n) is 7.92. The van der Waals surface area contributed by atoms with Gasteiger partial charge in [-0.15, -0.1) is 0 Å². The average Bonchev–Trinajstić information content (AvgIpc) is 2.64. The second kappa shape index (κ2) is 9.33. The minimum Gasteiger partial charge on any atom is -0.493 e. The molecule has 0 unspecified atom stereocenters. The fourth-order valence-corrected chi connectivity index (χ4v) is 2.09. The Hall–Kier alpha value is -3.42. The van der Waals surface area contributed by atoms with Crippen LogP contribution in [-0.2, 0) is 14.3 Å². The molecule has 0 radical (unpaired) electrons. The molecule has 0 saturated carbocycles. The van der Waals surface area contributed by atoms with Gasteiger partial charge in [0.1, 0.15) is 5.82 Å². The minimum atomic E-state index is -0.776. The number of Topliss-reactive ketones (excluding diaryl/α,β-unsaturated/α-hetero) is 1. The molecule has 0 aliphatic heterocycles. The second-order valence-corrected chi connectivity index (χ2v) is 5.43. The molecule has 0 saturated heterocycles. The molecule has 0 aromatic heterocycles. The van der Waals surface area contributed by atoms with Crippen LogP contribution in [0.2, 0.25) is 0 Å². The number of ketones is 1. The molecule has 0 heterocycles. The van der Waals surface area contributed by atoms with E-state index in [2.05, 4.69) is 5.32 Å². The maximum atomic E-state index is 13.0. The Labute approximate surface area is 155 Å². The normalized spacial score (nSPS) is 10.0. The van der Waals surface area contributed by atoms with Crippen LogP contribution in [0.25, 0.3) is 0 Å². The summed E-state index contributed by atoms with van der Waals surface area (Å²) < 4.78 is 28.3. The van der Waals surface area contributed by atoms with Crippen LogP contribution in [0.15, 0.2) is 42.5 Å². The molecule has 0 aliphatic carbocycles. The lowest BCUT2D eigenvalue weighted by atomic mass is 10.1. The fourth-order valence-electron chi connectivity index (χ4n) is 2.09. The van der Waals surface area contributed by atoms with Gasteiger partial charge in [-0.3, -0.25) is 9.59 Å². The molecular weight excluding hydrogens is 357 g/mol. The van der Waals surface area contributed by atoms with E-state index in [0.29, 0.717) is 11.3 Å². The van der Waals surface area contributed by atoms with Crippen LogP contribution >= 0.6 is 0 Å². The van der Waals surface area contributed by atoms with Gasteiger partial charge in [0.15, 0.2) is 30.5 Å². The Morgan fingerprint density at radius 1 is 1.04 bits per heavy atom. The van der Waals surface area contributed by atoms with Crippen molar-refractivity contribution in [1.82, 2.24) is 0 Å². The molecule has 0 bridgehead atoms. The first-order chi connectivity index (χ1) is 12.9. The third-order valence-corrected chi connectivity index (χ3v) is 3.39. The number of nitrogens with one attached hydrogen (secondary N) is 1. The lowest BCUT2D eigenvalue weighted by molar-refractivity contribution is -0.149. The van der Waals surface area contributed by atoms with Gasteiger partial charge in [-0.1, -0.05) is 6.07 Å². The average molecular weight is 375 g/mol. The molecule has 2 aromatic rings. The lowest BCUT2D eigenvalue weighted by Gasteiger charge is -2.11. The summed E-state index contributed by atoms with van der Waals surface area (Å²) in [6.45, 7) is 0.420. The molecule has 142 valence electrons. The van der Waals surface area contributed by atoms with Crippen LogP contribution in [0.5, 0.6) is 11.5 Å². The Bertz CT molecular complexity index is 852. The summed E-state index contributed by atoms with van der Waals surface area (Å²) in [5.74, 6) is -1.48. The van der Waals surface area contributed by atoms with Crippen LogP contribution in [0.1, 0.15) is 17.3 Å². The van der Waals surface area contributed by atoms with E-state index in [1.807, 2.05) is 0 Å². The van der Waals surface area contributed by atoms with Gasteiger partial charge in [0, 0.05) is 11.3 Å². The minimum absolute atomic E-state index is 0.136. The predicted molar refractivity (Wildman–Crippen MR) is 94.5 cm³/mol. The van der Waals surface area contributed by atoms with Gasteiger partial charge in [-0.05, 0) is 43.3 Å². The van der Waals surface area contributed by atoms with Gasteiger partial charge in [-0.2, -0.15) is 0 Å². The lowest BCUT2D eigenvalue weighted by Crippen LogP contribution is -2.23. The first-order valence-corrected chi connectivity index (χ1v) is 7.92. The molecular formula is C19H18FNO6. The van der Waals surface area contributed by atoms with E-state index < -0.39 is 30.9 Å². The molecule has 1 amide bonds. The second-order valence-electron chi connectivity index (χ2n) is 5.43. The zero-order chi connectivity index (χ0) is 19.8. The topological polar surface area (TPSA) is 90.9 Å². The fraction of sp³-hybridized carbons (Fsp3) is 0.211. The van der Waals surface area contributed by atoms with Crippen molar-refractivity contribution >= 4 is 23.3 Å².